The van der Waals surface area contributed by atoms with Gasteiger partial charge in [-0.2, -0.15) is 13.2 Å². The summed E-state index contributed by atoms with van der Waals surface area (Å²) in [6, 6.07) is 8.20. The lowest BCUT2D eigenvalue weighted by atomic mass is 9.83. The molecule has 1 heterocycles. The SMILES string of the molecule is CC(C)(C)C1=C(Br)C(OC(=O)C(F)(F)F)(C(C)(C)C)OP1(=O)c1ccccc1. The molecule has 0 N–H and O–H groups in total. The molecule has 0 bridgehead atoms. The second kappa shape index (κ2) is 6.99. The van der Waals surface area contributed by atoms with E-state index in [9.17, 15) is 22.5 Å². The van der Waals surface area contributed by atoms with Crippen LogP contribution in [0.1, 0.15) is 41.5 Å². The molecule has 2 atom stereocenters. The number of carbonyl (C=O) groups is 1. The smallest absolute Gasteiger partial charge is 0.420 e. The molecule has 156 valence electrons. The maximum Gasteiger partial charge on any atom is 0.491 e. The van der Waals surface area contributed by atoms with Gasteiger partial charge in [0.2, 0.25) is 0 Å². The van der Waals surface area contributed by atoms with E-state index in [0.717, 1.165) is 0 Å². The van der Waals surface area contributed by atoms with Crippen LogP contribution in [-0.4, -0.2) is 17.9 Å². The van der Waals surface area contributed by atoms with Crippen molar-refractivity contribution in [2.45, 2.75) is 53.5 Å². The Labute approximate surface area is 171 Å². The van der Waals surface area contributed by atoms with Crippen LogP contribution in [0.25, 0.3) is 0 Å². The molecule has 0 radical (unpaired) electrons. The summed E-state index contributed by atoms with van der Waals surface area (Å²) < 4.78 is 64.0. The summed E-state index contributed by atoms with van der Waals surface area (Å²) in [5, 5.41) is 0.585. The summed E-state index contributed by atoms with van der Waals surface area (Å²) in [6.45, 7) is 9.98. The molecule has 0 fully saturated rings. The van der Waals surface area contributed by atoms with Gasteiger partial charge in [0, 0.05) is 16.0 Å². The van der Waals surface area contributed by atoms with Gasteiger partial charge < -0.3 is 4.74 Å². The molecule has 2 unspecified atom stereocenters. The minimum Gasteiger partial charge on any atom is -0.420 e. The van der Waals surface area contributed by atoms with Crippen LogP contribution in [0.4, 0.5) is 13.2 Å². The van der Waals surface area contributed by atoms with Crippen LogP contribution in [-0.2, 0) is 18.6 Å². The third-order valence-corrected chi connectivity index (χ3v) is 8.51. The van der Waals surface area contributed by atoms with Gasteiger partial charge in [-0.1, -0.05) is 59.7 Å². The Hall–Kier alpha value is -1.11. The Kier molecular flexibility index (Phi) is 5.79. The first kappa shape index (κ1) is 23.2. The Morgan fingerprint density at radius 3 is 1.96 bits per heavy atom. The highest BCUT2D eigenvalue weighted by molar-refractivity contribution is 9.11. The number of benzene rings is 1. The number of halogens is 4. The monoisotopic (exact) mass is 482 g/mol. The molecule has 1 aliphatic heterocycles. The van der Waals surface area contributed by atoms with Gasteiger partial charge in [0.15, 0.2) is 0 Å². The third-order valence-electron chi connectivity index (χ3n) is 4.31. The fourth-order valence-corrected chi connectivity index (χ4v) is 8.25. The van der Waals surface area contributed by atoms with Gasteiger partial charge in [0.1, 0.15) is 0 Å². The molecule has 2 rings (SSSR count). The number of esters is 1. The summed E-state index contributed by atoms with van der Waals surface area (Å²) >= 11 is 3.31. The van der Waals surface area contributed by atoms with Crippen molar-refractivity contribution in [3.8, 4) is 0 Å². The molecule has 1 aromatic carbocycles. The molecule has 9 heteroatoms. The van der Waals surface area contributed by atoms with E-state index in [1.807, 2.05) is 0 Å². The van der Waals surface area contributed by atoms with Gasteiger partial charge in [-0.25, -0.2) is 4.79 Å². The summed E-state index contributed by atoms with van der Waals surface area (Å²) in [5.74, 6) is -4.61. The zero-order valence-electron chi connectivity index (χ0n) is 16.5. The van der Waals surface area contributed by atoms with Crippen molar-refractivity contribution in [1.29, 1.82) is 0 Å². The number of hydrogen-bond donors (Lipinski definition) is 0. The van der Waals surface area contributed by atoms with Crippen molar-refractivity contribution in [3.05, 3.63) is 40.1 Å². The Morgan fingerprint density at radius 2 is 1.57 bits per heavy atom. The van der Waals surface area contributed by atoms with E-state index in [1.165, 1.54) is 0 Å². The van der Waals surface area contributed by atoms with E-state index < -0.39 is 36.1 Å². The van der Waals surface area contributed by atoms with Crippen molar-refractivity contribution >= 4 is 34.6 Å². The normalized spacial score (nSPS) is 26.5. The van der Waals surface area contributed by atoms with Crippen molar-refractivity contribution in [2.24, 2.45) is 10.8 Å². The average molecular weight is 483 g/mol. The second-order valence-electron chi connectivity index (χ2n) is 8.64. The fraction of sp³-hybridized carbons (Fsp3) is 0.526. The van der Waals surface area contributed by atoms with E-state index in [4.69, 9.17) is 9.26 Å². The van der Waals surface area contributed by atoms with E-state index in [0.29, 0.717) is 5.30 Å². The van der Waals surface area contributed by atoms with E-state index in [1.54, 1.807) is 71.9 Å². The molecule has 0 amide bonds. The summed E-state index contributed by atoms with van der Waals surface area (Å²) in [5.41, 5.74) is -1.91. The fourth-order valence-electron chi connectivity index (χ4n) is 3.00. The van der Waals surface area contributed by atoms with E-state index in [2.05, 4.69) is 15.9 Å². The first-order valence-electron chi connectivity index (χ1n) is 8.55. The molecule has 1 aliphatic rings. The van der Waals surface area contributed by atoms with Crippen LogP contribution in [0.15, 0.2) is 40.1 Å². The number of hydrogen-bond acceptors (Lipinski definition) is 4. The van der Waals surface area contributed by atoms with Crippen molar-refractivity contribution in [1.82, 2.24) is 0 Å². The van der Waals surface area contributed by atoms with Crippen LogP contribution in [0.3, 0.4) is 0 Å². The molecule has 0 aromatic heterocycles. The molecule has 28 heavy (non-hydrogen) atoms. The average Bonchev–Trinajstić information content (AvgIpc) is 2.76. The molecule has 0 saturated heterocycles. The summed E-state index contributed by atoms with van der Waals surface area (Å²) in [7, 11) is -3.85. The zero-order chi connectivity index (χ0) is 21.8. The van der Waals surface area contributed by atoms with Crippen LogP contribution in [0, 0.1) is 10.8 Å². The number of carbonyl (C=O) groups excluding carboxylic acids is 1. The topological polar surface area (TPSA) is 52.6 Å². The molecule has 0 saturated carbocycles. The quantitative estimate of drug-likeness (QED) is 0.376. The Bertz CT molecular complexity index is 851. The summed E-state index contributed by atoms with van der Waals surface area (Å²) in [4.78, 5) is 11.8. The molecular formula is C19H23BrF3O4P. The number of rotatable bonds is 2. The third kappa shape index (κ3) is 3.83. The predicted octanol–water partition coefficient (Wildman–Crippen LogP) is 6.12. The van der Waals surface area contributed by atoms with Crippen LogP contribution in [0.5, 0.6) is 0 Å². The first-order valence-corrected chi connectivity index (χ1v) is 11.0. The lowest BCUT2D eigenvalue weighted by molar-refractivity contribution is -0.247. The van der Waals surface area contributed by atoms with Gasteiger partial charge in [0.25, 0.3) is 13.2 Å². The number of allylic oxidation sites excluding steroid dienone is 1. The highest BCUT2D eigenvalue weighted by Crippen LogP contribution is 2.73. The minimum atomic E-state index is -5.23. The summed E-state index contributed by atoms with van der Waals surface area (Å²) in [6.07, 6.45) is -5.23. The first-order chi connectivity index (χ1) is 12.5. The number of alkyl halides is 3. The largest absolute Gasteiger partial charge is 0.491 e. The van der Waals surface area contributed by atoms with Gasteiger partial charge in [-0.3, -0.25) is 9.09 Å². The van der Waals surface area contributed by atoms with Crippen LogP contribution < -0.4 is 5.30 Å². The van der Waals surface area contributed by atoms with Crippen LogP contribution >= 0.6 is 23.3 Å². The maximum atomic E-state index is 14.1. The minimum absolute atomic E-state index is 0.0461. The molecule has 0 spiro atoms. The second-order valence-corrected chi connectivity index (χ2v) is 11.7. The van der Waals surface area contributed by atoms with Crippen molar-refractivity contribution < 1.29 is 31.8 Å². The van der Waals surface area contributed by atoms with Crippen molar-refractivity contribution in [3.63, 3.8) is 0 Å². The van der Waals surface area contributed by atoms with Gasteiger partial charge in [-0.05, 0) is 33.5 Å². The maximum absolute atomic E-state index is 14.1. The molecular weight excluding hydrogens is 460 g/mol. The predicted molar refractivity (Wildman–Crippen MR) is 105 cm³/mol. The standard InChI is InChI=1S/C19H23BrF3O4P/c1-16(2,3)14-13(20)18(17(4,5)6,26-15(24)19(21,22)23)27-28(14,25)12-10-8-7-9-11-12/h7-11H,1-6H3. The van der Waals surface area contributed by atoms with Crippen molar-refractivity contribution in [2.75, 3.05) is 0 Å². The molecule has 0 aliphatic carbocycles. The molecule has 4 nitrogen and oxygen atoms in total. The van der Waals surface area contributed by atoms with E-state index >= 15 is 0 Å². The van der Waals surface area contributed by atoms with Gasteiger partial charge in [-0.15, -0.1) is 0 Å². The van der Waals surface area contributed by atoms with Gasteiger partial charge >= 0.3 is 12.1 Å². The lowest BCUT2D eigenvalue weighted by Gasteiger charge is -2.40. The van der Waals surface area contributed by atoms with Crippen LogP contribution in [0.2, 0.25) is 0 Å². The lowest BCUT2D eigenvalue weighted by Crippen LogP contribution is -2.49. The Morgan fingerprint density at radius 1 is 1.07 bits per heavy atom. The molecule has 1 aromatic rings. The Balaban J connectivity index is 2.81. The van der Waals surface area contributed by atoms with E-state index in [-0.39, 0.29) is 9.80 Å². The zero-order valence-corrected chi connectivity index (χ0v) is 19.0. The highest BCUT2D eigenvalue weighted by Gasteiger charge is 2.65. The highest BCUT2D eigenvalue weighted by atomic mass is 79.9. The van der Waals surface area contributed by atoms with Gasteiger partial charge in [0.05, 0.1) is 4.48 Å². The number of ether oxygens (including phenoxy) is 1.